The molecule has 3 nitrogen and oxygen atoms in total. The molecule has 0 aliphatic heterocycles. The number of rotatable bonds is 3. The molecule has 2 rings (SSSR count). The normalized spacial score (nSPS) is 11.7. The second-order valence-electron chi connectivity index (χ2n) is 4.39. The van der Waals surface area contributed by atoms with Crippen LogP contribution >= 0.6 is 11.6 Å². The van der Waals surface area contributed by atoms with Crippen molar-refractivity contribution in [2.45, 2.75) is 19.4 Å². The third-order valence-corrected chi connectivity index (χ3v) is 2.92. The van der Waals surface area contributed by atoms with Gasteiger partial charge in [-0.3, -0.25) is 4.98 Å². The number of halogens is 1. The van der Waals surface area contributed by atoms with Crippen LogP contribution in [0.4, 0.5) is 5.82 Å². The fourth-order valence-electron chi connectivity index (χ4n) is 1.40. The van der Waals surface area contributed by atoms with Gasteiger partial charge in [0.1, 0.15) is 5.82 Å². The highest BCUT2D eigenvalue weighted by atomic mass is 35.5. The molecule has 1 aromatic carbocycles. The van der Waals surface area contributed by atoms with Crippen molar-refractivity contribution in [3.63, 3.8) is 0 Å². The van der Waals surface area contributed by atoms with Gasteiger partial charge in [0.25, 0.3) is 0 Å². The predicted octanol–water partition coefficient (Wildman–Crippen LogP) is 3.06. The van der Waals surface area contributed by atoms with Gasteiger partial charge in [0, 0.05) is 11.4 Å². The maximum atomic E-state index is 5.85. The fraction of sp³-hybridized carbons (Fsp3) is 0.333. The van der Waals surface area contributed by atoms with Gasteiger partial charge >= 0.3 is 0 Å². The van der Waals surface area contributed by atoms with Gasteiger partial charge in [0.15, 0.2) is 0 Å². The molecule has 0 amide bonds. The molecule has 0 radical (unpaired) electrons. The molecule has 1 heterocycles. The molecule has 0 spiro atoms. The largest absolute Gasteiger partial charge is 0.363 e. The van der Waals surface area contributed by atoms with Gasteiger partial charge < -0.3 is 5.32 Å². The van der Waals surface area contributed by atoms with Gasteiger partial charge in [-0.2, -0.15) is 0 Å². The topological polar surface area (TPSA) is 37.8 Å². The third-order valence-electron chi connectivity index (χ3n) is 2.25. The van der Waals surface area contributed by atoms with Crippen molar-refractivity contribution in [3.05, 3.63) is 30.5 Å². The second kappa shape index (κ2) is 4.26. The molecule has 0 saturated carbocycles. The molecular formula is C12H14ClN3. The Hall–Kier alpha value is -1.35. The molecule has 0 fully saturated rings. The lowest BCUT2D eigenvalue weighted by Gasteiger charge is -2.23. The second-order valence-corrected chi connectivity index (χ2v) is 4.65. The highest BCUT2D eigenvalue weighted by molar-refractivity contribution is 6.18. The number of benzene rings is 1. The molecule has 4 heteroatoms. The lowest BCUT2D eigenvalue weighted by Crippen LogP contribution is -2.33. The first kappa shape index (κ1) is 11.1. The maximum absolute atomic E-state index is 5.85. The van der Waals surface area contributed by atoms with Crippen molar-refractivity contribution in [1.29, 1.82) is 0 Å². The summed E-state index contributed by atoms with van der Waals surface area (Å²) >= 11 is 5.85. The number of hydrogen-bond acceptors (Lipinski definition) is 3. The van der Waals surface area contributed by atoms with Crippen LogP contribution in [-0.2, 0) is 0 Å². The zero-order valence-electron chi connectivity index (χ0n) is 9.37. The molecule has 84 valence electrons. The first-order valence-corrected chi connectivity index (χ1v) is 5.70. The maximum Gasteiger partial charge on any atom is 0.145 e. The number of para-hydroxylation sites is 2. The number of nitrogens with zero attached hydrogens (tertiary/aromatic N) is 2. The highest BCUT2D eigenvalue weighted by Gasteiger charge is 2.16. The lowest BCUT2D eigenvalue weighted by atomic mass is 10.1. The van der Waals surface area contributed by atoms with Gasteiger partial charge in [-0.25, -0.2) is 4.98 Å². The Kier molecular flexibility index (Phi) is 2.97. The highest BCUT2D eigenvalue weighted by Crippen LogP contribution is 2.16. The van der Waals surface area contributed by atoms with Crippen LogP contribution < -0.4 is 5.32 Å². The zero-order chi connectivity index (χ0) is 11.6. The zero-order valence-corrected chi connectivity index (χ0v) is 10.1. The molecule has 0 aliphatic rings. The summed E-state index contributed by atoms with van der Waals surface area (Å²) in [7, 11) is 0. The van der Waals surface area contributed by atoms with Crippen LogP contribution in [0.1, 0.15) is 13.8 Å². The predicted molar refractivity (Wildman–Crippen MR) is 68.0 cm³/mol. The van der Waals surface area contributed by atoms with E-state index in [0.717, 1.165) is 16.9 Å². The summed E-state index contributed by atoms with van der Waals surface area (Å²) < 4.78 is 0. The summed E-state index contributed by atoms with van der Waals surface area (Å²) in [5.74, 6) is 1.27. The fourth-order valence-corrected chi connectivity index (χ4v) is 1.46. The van der Waals surface area contributed by atoms with Crippen molar-refractivity contribution in [3.8, 4) is 0 Å². The molecule has 16 heavy (non-hydrogen) atoms. The molecule has 2 aromatic rings. The Bertz CT molecular complexity index is 496. The smallest absolute Gasteiger partial charge is 0.145 e. The standard InChI is InChI=1S/C12H14ClN3/c1-12(2,8-13)16-11-7-14-9-5-3-4-6-10(9)15-11/h3-7H,8H2,1-2H3,(H,15,16). The molecule has 1 N–H and O–H groups in total. The summed E-state index contributed by atoms with van der Waals surface area (Å²) in [6.45, 7) is 4.05. The van der Waals surface area contributed by atoms with E-state index in [0.29, 0.717) is 5.88 Å². The van der Waals surface area contributed by atoms with Gasteiger partial charge in [-0.1, -0.05) is 12.1 Å². The van der Waals surface area contributed by atoms with Crippen LogP contribution in [0.2, 0.25) is 0 Å². The molecule has 0 bridgehead atoms. The Morgan fingerprint density at radius 3 is 2.62 bits per heavy atom. The minimum absolute atomic E-state index is 0.182. The van der Waals surface area contributed by atoms with E-state index in [-0.39, 0.29) is 5.54 Å². The average molecular weight is 236 g/mol. The van der Waals surface area contributed by atoms with Crippen molar-refractivity contribution in [2.24, 2.45) is 0 Å². The summed E-state index contributed by atoms with van der Waals surface area (Å²) in [6, 6.07) is 7.79. The number of fused-ring (bicyclic) bond motifs is 1. The van der Waals surface area contributed by atoms with Gasteiger partial charge in [-0.05, 0) is 26.0 Å². The summed E-state index contributed by atoms with van der Waals surface area (Å²) in [5, 5.41) is 3.25. The number of nitrogens with one attached hydrogen (secondary N) is 1. The van der Waals surface area contributed by atoms with Gasteiger partial charge in [-0.15, -0.1) is 11.6 Å². The minimum atomic E-state index is -0.182. The van der Waals surface area contributed by atoms with Crippen LogP contribution in [0.25, 0.3) is 11.0 Å². The van der Waals surface area contributed by atoms with E-state index in [9.17, 15) is 0 Å². The Morgan fingerprint density at radius 2 is 1.94 bits per heavy atom. The van der Waals surface area contributed by atoms with E-state index < -0.39 is 0 Å². The van der Waals surface area contributed by atoms with Gasteiger partial charge in [0.05, 0.1) is 17.2 Å². The van der Waals surface area contributed by atoms with E-state index in [1.165, 1.54) is 0 Å². The van der Waals surface area contributed by atoms with E-state index in [4.69, 9.17) is 11.6 Å². The molecule has 0 unspecified atom stereocenters. The van der Waals surface area contributed by atoms with Crippen molar-refractivity contribution in [1.82, 2.24) is 9.97 Å². The van der Waals surface area contributed by atoms with Crippen LogP contribution in [0.15, 0.2) is 30.5 Å². The molecular weight excluding hydrogens is 222 g/mol. The van der Waals surface area contributed by atoms with E-state index in [1.807, 2.05) is 38.1 Å². The molecule has 0 saturated heterocycles. The monoisotopic (exact) mass is 235 g/mol. The SMILES string of the molecule is CC(C)(CCl)Nc1cnc2ccccc2n1. The van der Waals surface area contributed by atoms with Crippen molar-refractivity contribution < 1.29 is 0 Å². The van der Waals surface area contributed by atoms with E-state index >= 15 is 0 Å². The van der Waals surface area contributed by atoms with Crippen LogP contribution in [-0.4, -0.2) is 21.4 Å². The number of hydrogen-bond donors (Lipinski definition) is 1. The summed E-state index contributed by atoms with van der Waals surface area (Å²) in [4.78, 5) is 8.81. The van der Waals surface area contributed by atoms with Crippen LogP contribution in [0.3, 0.4) is 0 Å². The molecule has 1 aromatic heterocycles. The number of aromatic nitrogens is 2. The van der Waals surface area contributed by atoms with Crippen molar-refractivity contribution >= 4 is 28.5 Å². The average Bonchev–Trinajstić information content (AvgIpc) is 2.28. The van der Waals surface area contributed by atoms with Gasteiger partial charge in [0.2, 0.25) is 0 Å². The first-order chi connectivity index (χ1) is 7.61. The minimum Gasteiger partial charge on any atom is -0.363 e. The lowest BCUT2D eigenvalue weighted by molar-refractivity contribution is 0.638. The Labute approximate surface area is 99.9 Å². The first-order valence-electron chi connectivity index (χ1n) is 5.17. The number of anilines is 1. The molecule has 0 aliphatic carbocycles. The Balaban J connectivity index is 2.33. The number of alkyl halides is 1. The third kappa shape index (κ3) is 2.42. The van der Waals surface area contributed by atoms with Crippen LogP contribution in [0, 0.1) is 0 Å². The van der Waals surface area contributed by atoms with E-state index in [1.54, 1.807) is 6.20 Å². The molecule has 0 atom stereocenters. The van der Waals surface area contributed by atoms with Crippen LogP contribution in [0.5, 0.6) is 0 Å². The quantitative estimate of drug-likeness (QED) is 0.831. The summed E-state index contributed by atoms with van der Waals surface area (Å²) in [5.41, 5.74) is 1.60. The van der Waals surface area contributed by atoms with Crippen molar-refractivity contribution in [2.75, 3.05) is 11.2 Å². The summed E-state index contributed by atoms with van der Waals surface area (Å²) in [6.07, 6.45) is 1.73. The Morgan fingerprint density at radius 1 is 1.25 bits per heavy atom. The van der Waals surface area contributed by atoms with E-state index in [2.05, 4.69) is 15.3 Å².